The molecule has 3 N–H and O–H groups in total. The molecule has 0 amide bonds. The van der Waals surface area contributed by atoms with Gasteiger partial charge < -0.3 is 15.5 Å². The van der Waals surface area contributed by atoms with Crippen LogP contribution in [0.5, 0.6) is 5.75 Å². The zero-order valence-corrected chi connectivity index (χ0v) is 18.6. The highest BCUT2D eigenvalue weighted by Gasteiger charge is 2.46. The van der Waals surface area contributed by atoms with Crippen molar-refractivity contribution in [2.24, 2.45) is 0 Å². The Hall–Kier alpha value is -0.950. The van der Waals surface area contributed by atoms with E-state index in [4.69, 9.17) is 0 Å². The molecule has 4 nitrogen and oxygen atoms in total. The van der Waals surface area contributed by atoms with E-state index in [1.165, 1.54) is 0 Å². The summed E-state index contributed by atoms with van der Waals surface area (Å²) in [4.78, 5) is 1.67. The van der Waals surface area contributed by atoms with Crippen LogP contribution < -0.4 is 5.32 Å². The standard InChI is InChI=1S/C21H34F2N2O2.ClH/c1-19(2,3)14-11-15(17(27)16(12-14)20(4,5)6)18(21(22,23)13-26)25-9-7-24-8-10-25;/h11-12,18,24,26-27H,7-10,13H2,1-6H3;1H/t18-;/m0./s1. The number of piperazine rings is 1. The predicted octanol–water partition coefficient (Wildman–Crippen LogP) is 3.98. The molecule has 0 radical (unpaired) electrons. The second kappa shape index (κ2) is 8.82. The third-order valence-electron chi connectivity index (χ3n) is 5.24. The van der Waals surface area contributed by atoms with E-state index < -0.39 is 24.0 Å². The van der Waals surface area contributed by atoms with Crippen LogP contribution in [0.4, 0.5) is 8.78 Å². The molecular weight excluding hydrogens is 386 g/mol. The van der Waals surface area contributed by atoms with Gasteiger partial charge in [0.15, 0.2) is 0 Å². The number of aliphatic hydroxyl groups is 1. The molecule has 1 aromatic carbocycles. The highest BCUT2D eigenvalue weighted by molar-refractivity contribution is 5.85. The quantitative estimate of drug-likeness (QED) is 0.689. The van der Waals surface area contributed by atoms with Crippen molar-refractivity contribution in [2.45, 2.75) is 64.3 Å². The highest BCUT2D eigenvalue weighted by atomic mass is 35.5. The van der Waals surface area contributed by atoms with Crippen molar-refractivity contribution in [1.82, 2.24) is 10.2 Å². The van der Waals surface area contributed by atoms with Crippen LogP contribution in [0.2, 0.25) is 0 Å². The van der Waals surface area contributed by atoms with Crippen LogP contribution >= 0.6 is 12.4 Å². The molecule has 0 bridgehead atoms. The average Bonchev–Trinajstić information content (AvgIpc) is 2.55. The molecule has 1 fully saturated rings. The summed E-state index contributed by atoms with van der Waals surface area (Å²) in [5.74, 6) is -3.45. The lowest BCUT2D eigenvalue weighted by Gasteiger charge is -2.40. The number of phenolic OH excluding ortho intramolecular Hbond substituents is 1. The molecule has 0 unspecified atom stereocenters. The van der Waals surface area contributed by atoms with Crippen LogP contribution in [0.15, 0.2) is 12.1 Å². The lowest BCUT2D eigenvalue weighted by molar-refractivity contribution is -0.119. The maximum absolute atomic E-state index is 14.9. The minimum atomic E-state index is -3.36. The Labute approximate surface area is 173 Å². The molecule has 0 spiro atoms. The van der Waals surface area contributed by atoms with Crippen molar-refractivity contribution < 1.29 is 19.0 Å². The van der Waals surface area contributed by atoms with Crippen LogP contribution in [0.3, 0.4) is 0 Å². The topological polar surface area (TPSA) is 55.7 Å². The van der Waals surface area contributed by atoms with Crippen molar-refractivity contribution in [3.8, 4) is 5.75 Å². The Morgan fingerprint density at radius 3 is 2.00 bits per heavy atom. The fourth-order valence-electron chi connectivity index (χ4n) is 3.59. The number of hydrogen-bond donors (Lipinski definition) is 3. The number of phenols is 1. The van der Waals surface area contributed by atoms with Gasteiger partial charge in [0.05, 0.1) is 0 Å². The van der Waals surface area contributed by atoms with Gasteiger partial charge in [-0.25, -0.2) is 8.78 Å². The van der Waals surface area contributed by atoms with Crippen molar-refractivity contribution in [2.75, 3.05) is 32.8 Å². The van der Waals surface area contributed by atoms with Gasteiger partial charge in [0.1, 0.15) is 18.4 Å². The molecular formula is C21H35ClF2N2O2. The maximum atomic E-state index is 14.9. The van der Waals surface area contributed by atoms with Crippen LogP contribution in [-0.2, 0) is 10.8 Å². The van der Waals surface area contributed by atoms with E-state index in [-0.39, 0.29) is 29.1 Å². The van der Waals surface area contributed by atoms with Gasteiger partial charge >= 0.3 is 0 Å². The molecule has 1 aliphatic heterocycles. The van der Waals surface area contributed by atoms with E-state index in [9.17, 15) is 19.0 Å². The molecule has 28 heavy (non-hydrogen) atoms. The molecule has 0 saturated carbocycles. The van der Waals surface area contributed by atoms with Gasteiger partial charge in [-0.05, 0) is 28.0 Å². The summed E-state index contributed by atoms with van der Waals surface area (Å²) in [5.41, 5.74) is 1.09. The number of nitrogens with zero attached hydrogens (tertiary/aromatic N) is 1. The predicted molar refractivity (Wildman–Crippen MR) is 112 cm³/mol. The van der Waals surface area contributed by atoms with Gasteiger partial charge in [-0.1, -0.05) is 47.6 Å². The average molecular weight is 421 g/mol. The summed E-state index contributed by atoms with van der Waals surface area (Å²) < 4.78 is 29.8. The normalized spacial score (nSPS) is 17.9. The smallest absolute Gasteiger partial charge is 0.290 e. The monoisotopic (exact) mass is 420 g/mol. The first-order chi connectivity index (χ1) is 12.3. The van der Waals surface area contributed by atoms with Gasteiger partial charge in [-0.2, -0.15) is 0 Å². The number of alkyl halides is 2. The SMILES string of the molecule is CC(C)(C)c1cc([C@H](N2CCNCC2)C(F)(F)CO)c(O)c(C(C)(C)C)c1.Cl. The maximum Gasteiger partial charge on any atom is 0.290 e. The van der Waals surface area contributed by atoms with Crippen molar-refractivity contribution >= 4 is 12.4 Å². The third kappa shape index (κ3) is 5.35. The van der Waals surface area contributed by atoms with E-state index in [1.54, 1.807) is 11.0 Å². The summed E-state index contributed by atoms with van der Waals surface area (Å²) in [5, 5.41) is 23.6. The number of aliphatic hydroxyl groups excluding tert-OH is 1. The number of hydrogen-bond acceptors (Lipinski definition) is 4. The third-order valence-corrected chi connectivity index (χ3v) is 5.24. The Balaban J connectivity index is 0.00000392. The van der Waals surface area contributed by atoms with Gasteiger partial charge in [0, 0.05) is 31.7 Å². The molecule has 0 aromatic heterocycles. The van der Waals surface area contributed by atoms with E-state index in [2.05, 4.69) is 5.32 Å². The Bertz CT molecular complexity index is 664. The first kappa shape index (κ1) is 25.1. The number of halogens is 3. The van der Waals surface area contributed by atoms with Gasteiger partial charge in [0.2, 0.25) is 0 Å². The van der Waals surface area contributed by atoms with Gasteiger partial charge in [-0.15, -0.1) is 12.4 Å². The summed E-state index contributed by atoms with van der Waals surface area (Å²) in [7, 11) is 0. The van der Waals surface area contributed by atoms with E-state index in [1.807, 2.05) is 47.6 Å². The molecule has 162 valence electrons. The second-order valence-corrected chi connectivity index (χ2v) is 9.57. The second-order valence-electron chi connectivity index (χ2n) is 9.57. The number of rotatable bonds is 4. The van der Waals surface area contributed by atoms with Crippen molar-refractivity contribution in [3.63, 3.8) is 0 Å². The minimum absolute atomic E-state index is 0. The van der Waals surface area contributed by atoms with Crippen LogP contribution in [0.25, 0.3) is 0 Å². The minimum Gasteiger partial charge on any atom is -0.507 e. The van der Waals surface area contributed by atoms with Gasteiger partial charge in [-0.3, -0.25) is 4.90 Å². The molecule has 7 heteroatoms. The molecule has 1 aromatic rings. The fraction of sp³-hybridized carbons (Fsp3) is 0.714. The summed E-state index contributed by atoms with van der Waals surface area (Å²) in [6.45, 7) is 12.8. The summed E-state index contributed by atoms with van der Waals surface area (Å²) in [6.07, 6.45) is 0. The molecule has 0 aliphatic carbocycles. The van der Waals surface area contributed by atoms with Crippen LogP contribution in [0.1, 0.15) is 64.3 Å². The largest absolute Gasteiger partial charge is 0.507 e. The highest BCUT2D eigenvalue weighted by Crippen LogP contribution is 2.45. The van der Waals surface area contributed by atoms with E-state index >= 15 is 0 Å². The Morgan fingerprint density at radius 1 is 1.04 bits per heavy atom. The van der Waals surface area contributed by atoms with E-state index in [0.717, 1.165) is 5.56 Å². The molecule has 1 aliphatic rings. The zero-order valence-electron chi connectivity index (χ0n) is 17.8. The zero-order chi connectivity index (χ0) is 20.6. The molecule has 1 saturated heterocycles. The number of benzene rings is 1. The first-order valence-electron chi connectivity index (χ1n) is 9.60. The molecule has 1 atom stereocenters. The van der Waals surface area contributed by atoms with Crippen LogP contribution in [0, 0.1) is 0 Å². The Morgan fingerprint density at radius 2 is 1.57 bits per heavy atom. The summed E-state index contributed by atoms with van der Waals surface area (Å²) >= 11 is 0. The lowest BCUT2D eigenvalue weighted by atomic mass is 9.77. The number of aromatic hydroxyl groups is 1. The first-order valence-corrected chi connectivity index (χ1v) is 9.60. The summed E-state index contributed by atoms with van der Waals surface area (Å²) in [6, 6.07) is 2.25. The molecule has 2 rings (SSSR count). The molecule has 1 heterocycles. The fourth-order valence-corrected chi connectivity index (χ4v) is 3.59. The number of nitrogens with one attached hydrogen (secondary N) is 1. The van der Waals surface area contributed by atoms with E-state index in [0.29, 0.717) is 31.7 Å². The Kier molecular flexibility index (Phi) is 7.90. The van der Waals surface area contributed by atoms with Crippen molar-refractivity contribution in [1.29, 1.82) is 0 Å². The van der Waals surface area contributed by atoms with Crippen LogP contribution in [-0.4, -0.2) is 53.8 Å². The van der Waals surface area contributed by atoms with Gasteiger partial charge in [0.25, 0.3) is 5.92 Å². The van der Waals surface area contributed by atoms with Crippen molar-refractivity contribution in [3.05, 3.63) is 28.8 Å². The lowest BCUT2D eigenvalue weighted by Crippen LogP contribution is -2.51.